The van der Waals surface area contributed by atoms with E-state index in [1.165, 1.54) is 0 Å². The molecule has 1 aromatic rings. The summed E-state index contributed by atoms with van der Waals surface area (Å²) >= 11 is 0. The van der Waals surface area contributed by atoms with Crippen molar-refractivity contribution >= 4 is 6.09 Å². The van der Waals surface area contributed by atoms with Crippen molar-refractivity contribution in [1.29, 1.82) is 0 Å². The van der Waals surface area contributed by atoms with E-state index >= 15 is 0 Å². The number of carbonyl (C=O) groups is 1. The van der Waals surface area contributed by atoms with Crippen molar-refractivity contribution in [3.63, 3.8) is 0 Å². The average molecular weight is 287 g/mol. The van der Waals surface area contributed by atoms with Gasteiger partial charge >= 0.3 is 6.09 Å². The maximum absolute atomic E-state index is 13.1. The van der Waals surface area contributed by atoms with Crippen LogP contribution in [0.15, 0.2) is 18.2 Å². The van der Waals surface area contributed by atoms with Crippen molar-refractivity contribution < 1.29 is 23.8 Å². The first-order valence-corrected chi connectivity index (χ1v) is 6.55. The smallest absolute Gasteiger partial charge is 0.404 e. The molecule has 0 bridgehead atoms. The minimum absolute atomic E-state index is 0.0336. The molecule has 4 nitrogen and oxygen atoms in total. The van der Waals surface area contributed by atoms with Gasteiger partial charge in [0, 0.05) is 6.07 Å². The van der Waals surface area contributed by atoms with Gasteiger partial charge in [-0.2, -0.15) is 0 Å². The molecule has 0 unspecified atom stereocenters. The van der Waals surface area contributed by atoms with Crippen LogP contribution in [0, 0.1) is 11.6 Å². The summed E-state index contributed by atoms with van der Waals surface area (Å²) in [7, 11) is 0. The third-order valence-electron chi connectivity index (χ3n) is 3.00. The van der Waals surface area contributed by atoms with Gasteiger partial charge in [-0.3, -0.25) is 0 Å². The van der Waals surface area contributed by atoms with Crippen LogP contribution in [-0.2, 0) is 6.42 Å². The second-order valence-electron chi connectivity index (χ2n) is 4.75. The fourth-order valence-electron chi connectivity index (χ4n) is 2.04. The lowest BCUT2D eigenvalue weighted by molar-refractivity contribution is 0.110. The molecule has 0 saturated carbocycles. The van der Waals surface area contributed by atoms with Crippen LogP contribution in [0.4, 0.5) is 13.6 Å². The predicted octanol–water partition coefficient (Wildman–Crippen LogP) is 2.69. The molecule has 0 saturated heterocycles. The molecule has 1 aromatic carbocycles. The quantitative estimate of drug-likeness (QED) is 0.722. The molecule has 1 amide bonds. The Balaban J connectivity index is 2.79. The number of aliphatic hydroxyl groups is 1. The lowest BCUT2D eigenvalue weighted by Gasteiger charge is -2.23. The topological polar surface area (TPSA) is 69.6 Å². The Hall–Kier alpha value is -1.69. The van der Waals surface area contributed by atoms with Crippen LogP contribution >= 0.6 is 0 Å². The SMILES string of the molecule is CCCC[C@H](O)[C@@H](Cc1cc(F)cc(F)c1)NC(=O)O. The Morgan fingerprint density at radius 3 is 2.40 bits per heavy atom. The maximum Gasteiger partial charge on any atom is 0.404 e. The van der Waals surface area contributed by atoms with Crippen molar-refractivity contribution in [1.82, 2.24) is 5.32 Å². The number of hydrogen-bond donors (Lipinski definition) is 3. The molecule has 0 fully saturated rings. The monoisotopic (exact) mass is 287 g/mol. The van der Waals surface area contributed by atoms with Crippen molar-refractivity contribution in [3.8, 4) is 0 Å². The minimum atomic E-state index is -1.28. The molecule has 0 heterocycles. The van der Waals surface area contributed by atoms with Gasteiger partial charge < -0.3 is 15.5 Å². The number of carboxylic acid groups (broad SMARTS) is 1. The highest BCUT2D eigenvalue weighted by Crippen LogP contribution is 2.14. The van der Waals surface area contributed by atoms with Gasteiger partial charge in [-0.1, -0.05) is 19.8 Å². The standard InChI is InChI=1S/C14H19F2NO3/c1-2-3-4-13(18)12(17-14(19)20)7-9-5-10(15)8-11(16)6-9/h5-6,8,12-13,17-18H,2-4,7H2,1H3,(H,19,20)/t12-,13+/m1/s1. The zero-order valence-electron chi connectivity index (χ0n) is 11.3. The Bertz CT molecular complexity index is 434. The van der Waals surface area contributed by atoms with Gasteiger partial charge in [-0.25, -0.2) is 13.6 Å². The fraction of sp³-hybridized carbons (Fsp3) is 0.500. The van der Waals surface area contributed by atoms with Gasteiger partial charge in [0.05, 0.1) is 12.1 Å². The lowest BCUT2D eigenvalue weighted by Crippen LogP contribution is -2.44. The first-order chi connectivity index (χ1) is 9.42. The highest BCUT2D eigenvalue weighted by molar-refractivity contribution is 5.65. The summed E-state index contributed by atoms with van der Waals surface area (Å²) in [5.74, 6) is -1.45. The van der Waals surface area contributed by atoms with Crippen LogP contribution in [0.3, 0.4) is 0 Å². The van der Waals surface area contributed by atoms with Gasteiger partial charge in [0.15, 0.2) is 0 Å². The molecule has 6 heteroatoms. The summed E-state index contributed by atoms with van der Waals surface area (Å²) in [5, 5.41) is 20.9. The molecule has 0 aliphatic heterocycles. The molecular formula is C14H19F2NO3. The number of hydrogen-bond acceptors (Lipinski definition) is 2. The van der Waals surface area contributed by atoms with E-state index in [0.29, 0.717) is 12.0 Å². The van der Waals surface area contributed by atoms with Crippen LogP contribution in [0.2, 0.25) is 0 Å². The Labute approximate surface area is 116 Å². The zero-order chi connectivity index (χ0) is 15.1. The van der Waals surface area contributed by atoms with Crippen LogP contribution in [0.25, 0.3) is 0 Å². The molecule has 0 radical (unpaired) electrons. The first-order valence-electron chi connectivity index (χ1n) is 6.55. The van der Waals surface area contributed by atoms with Crippen LogP contribution in [0.1, 0.15) is 31.7 Å². The van der Waals surface area contributed by atoms with E-state index in [0.717, 1.165) is 31.0 Å². The van der Waals surface area contributed by atoms with E-state index in [-0.39, 0.29) is 6.42 Å². The summed E-state index contributed by atoms with van der Waals surface area (Å²) in [5.41, 5.74) is 0.303. The minimum Gasteiger partial charge on any atom is -0.465 e. The van der Waals surface area contributed by atoms with Gasteiger partial charge in [-0.05, 0) is 30.5 Å². The summed E-state index contributed by atoms with van der Waals surface area (Å²) in [6, 6.07) is 2.22. The highest BCUT2D eigenvalue weighted by Gasteiger charge is 2.21. The molecule has 112 valence electrons. The molecule has 0 spiro atoms. The average Bonchev–Trinajstić information content (AvgIpc) is 2.33. The number of benzene rings is 1. The Kier molecular flexibility index (Phi) is 6.38. The van der Waals surface area contributed by atoms with Gasteiger partial charge in [0.2, 0.25) is 0 Å². The van der Waals surface area contributed by atoms with Crippen molar-refractivity contribution in [2.75, 3.05) is 0 Å². The third-order valence-corrected chi connectivity index (χ3v) is 3.00. The van der Waals surface area contributed by atoms with Crippen LogP contribution in [-0.4, -0.2) is 28.5 Å². The Morgan fingerprint density at radius 2 is 1.90 bits per heavy atom. The van der Waals surface area contributed by atoms with Crippen LogP contribution < -0.4 is 5.32 Å². The summed E-state index contributed by atoms with van der Waals surface area (Å²) in [6.45, 7) is 1.95. The fourth-order valence-corrected chi connectivity index (χ4v) is 2.04. The molecule has 20 heavy (non-hydrogen) atoms. The molecule has 2 atom stereocenters. The highest BCUT2D eigenvalue weighted by atomic mass is 19.1. The molecule has 3 N–H and O–H groups in total. The first kappa shape index (κ1) is 16.4. The zero-order valence-corrected chi connectivity index (χ0v) is 11.3. The van der Waals surface area contributed by atoms with E-state index in [2.05, 4.69) is 5.32 Å². The second-order valence-corrected chi connectivity index (χ2v) is 4.75. The van der Waals surface area contributed by atoms with Gasteiger partial charge in [0.25, 0.3) is 0 Å². The lowest BCUT2D eigenvalue weighted by atomic mass is 9.97. The number of rotatable bonds is 7. The molecule has 0 aliphatic carbocycles. The largest absolute Gasteiger partial charge is 0.465 e. The van der Waals surface area contributed by atoms with Crippen molar-refractivity contribution in [2.45, 2.75) is 44.8 Å². The summed E-state index contributed by atoms with van der Waals surface area (Å²) in [4.78, 5) is 10.7. The van der Waals surface area contributed by atoms with Crippen LogP contribution in [0.5, 0.6) is 0 Å². The van der Waals surface area contributed by atoms with E-state index < -0.39 is 29.9 Å². The number of halogens is 2. The number of amides is 1. The Morgan fingerprint density at radius 1 is 1.30 bits per heavy atom. The molecular weight excluding hydrogens is 268 g/mol. The predicted molar refractivity (Wildman–Crippen MR) is 70.5 cm³/mol. The maximum atomic E-state index is 13.1. The molecule has 0 aromatic heterocycles. The van der Waals surface area contributed by atoms with E-state index in [4.69, 9.17) is 5.11 Å². The summed E-state index contributed by atoms with van der Waals surface area (Å²) in [6.07, 6.45) is -0.0904. The van der Waals surface area contributed by atoms with Gasteiger partial charge in [0.1, 0.15) is 11.6 Å². The third kappa shape index (κ3) is 5.52. The van der Waals surface area contributed by atoms with E-state index in [9.17, 15) is 18.7 Å². The van der Waals surface area contributed by atoms with E-state index in [1.807, 2.05) is 6.92 Å². The van der Waals surface area contributed by atoms with E-state index in [1.54, 1.807) is 0 Å². The van der Waals surface area contributed by atoms with Crippen molar-refractivity contribution in [3.05, 3.63) is 35.4 Å². The molecule has 0 aliphatic rings. The summed E-state index contributed by atoms with van der Waals surface area (Å²) < 4.78 is 26.2. The number of aliphatic hydroxyl groups excluding tert-OH is 1. The normalized spacial score (nSPS) is 13.8. The van der Waals surface area contributed by atoms with Gasteiger partial charge in [-0.15, -0.1) is 0 Å². The number of unbranched alkanes of at least 4 members (excludes halogenated alkanes) is 1. The van der Waals surface area contributed by atoms with Crippen molar-refractivity contribution in [2.24, 2.45) is 0 Å². The second kappa shape index (κ2) is 7.79. The molecule has 1 rings (SSSR count). The number of nitrogens with one attached hydrogen (secondary N) is 1.